The van der Waals surface area contributed by atoms with Gasteiger partial charge in [0.25, 0.3) is 5.78 Å². The molecule has 1 aliphatic heterocycles. The molecule has 0 saturated carbocycles. The van der Waals surface area contributed by atoms with Crippen LogP contribution in [-0.4, -0.2) is 19.6 Å². The molecular weight excluding hydrogens is 264 g/mol. The number of hydrogen-bond acceptors (Lipinski definition) is 5. The second-order valence-corrected chi connectivity index (χ2v) is 5.31. The second kappa shape index (κ2) is 4.82. The quantitative estimate of drug-likeness (QED) is 0.763. The highest BCUT2D eigenvalue weighted by molar-refractivity contribution is 5.45. The minimum atomic E-state index is 0.621. The van der Waals surface area contributed by atoms with E-state index in [1.807, 2.05) is 13.0 Å². The lowest BCUT2D eigenvalue weighted by molar-refractivity contribution is 0.764. The maximum absolute atomic E-state index is 4.34. The molecule has 0 saturated heterocycles. The van der Waals surface area contributed by atoms with E-state index in [2.05, 4.69) is 43.9 Å². The van der Waals surface area contributed by atoms with Gasteiger partial charge in [0.15, 0.2) is 0 Å². The molecule has 1 aliphatic rings. The highest BCUT2D eigenvalue weighted by atomic mass is 15.3. The Bertz CT molecular complexity index is 807. The fourth-order valence-electron chi connectivity index (χ4n) is 2.71. The fraction of sp³-hybridized carbons (Fsp3) is 0.267. The SMILES string of the molecule is Cc1cc(NCc2ccc3c(c2)CNC3)n2ncnc2n1. The second-order valence-electron chi connectivity index (χ2n) is 5.31. The summed E-state index contributed by atoms with van der Waals surface area (Å²) in [6, 6.07) is 8.62. The zero-order valence-electron chi connectivity index (χ0n) is 11.8. The Morgan fingerprint density at radius 1 is 1.24 bits per heavy atom. The summed E-state index contributed by atoms with van der Waals surface area (Å²) in [7, 11) is 0. The Balaban J connectivity index is 1.59. The van der Waals surface area contributed by atoms with E-state index in [0.717, 1.165) is 31.1 Å². The van der Waals surface area contributed by atoms with E-state index in [4.69, 9.17) is 0 Å². The number of fused-ring (bicyclic) bond motifs is 2. The first kappa shape index (κ1) is 12.3. The minimum absolute atomic E-state index is 0.621. The summed E-state index contributed by atoms with van der Waals surface area (Å²) in [5, 5.41) is 11.0. The Hall–Kier alpha value is -2.47. The zero-order chi connectivity index (χ0) is 14.2. The van der Waals surface area contributed by atoms with Gasteiger partial charge >= 0.3 is 0 Å². The van der Waals surface area contributed by atoms with Gasteiger partial charge in [0.1, 0.15) is 12.1 Å². The normalized spacial score (nSPS) is 13.6. The molecule has 0 fully saturated rings. The number of aromatic nitrogens is 4. The molecule has 3 heterocycles. The molecule has 106 valence electrons. The van der Waals surface area contributed by atoms with Crippen molar-refractivity contribution in [3.05, 3.63) is 53.0 Å². The summed E-state index contributed by atoms with van der Waals surface area (Å²) >= 11 is 0. The molecule has 0 spiro atoms. The van der Waals surface area contributed by atoms with E-state index in [1.54, 1.807) is 4.52 Å². The van der Waals surface area contributed by atoms with Crippen molar-refractivity contribution in [2.45, 2.75) is 26.6 Å². The van der Waals surface area contributed by atoms with Crippen molar-refractivity contribution >= 4 is 11.6 Å². The molecule has 0 amide bonds. The molecule has 1 aromatic carbocycles. The van der Waals surface area contributed by atoms with E-state index in [0.29, 0.717) is 5.78 Å². The number of anilines is 1. The van der Waals surface area contributed by atoms with Crippen LogP contribution < -0.4 is 10.6 Å². The number of hydrogen-bond donors (Lipinski definition) is 2. The molecule has 0 aliphatic carbocycles. The summed E-state index contributed by atoms with van der Waals surface area (Å²) in [5.41, 5.74) is 4.99. The number of nitrogens with zero attached hydrogens (tertiary/aromatic N) is 4. The molecule has 6 heteroatoms. The molecular formula is C15H16N6. The molecule has 0 unspecified atom stereocenters. The van der Waals surface area contributed by atoms with Gasteiger partial charge in [-0.25, -0.2) is 4.98 Å². The van der Waals surface area contributed by atoms with E-state index in [1.165, 1.54) is 23.0 Å². The summed E-state index contributed by atoms with van der Waals surface area (Å²) in [4.78, 5) is 8.47. The van der Waals surface area contributed by atoms with Crippen LogP contribution in [0.1, 0.15) is 22.4 Å². The molecule has 6 nitrogen and oxygen atoms in total. The van der Waals surface area contributed by atoms with Gasteiger partial charge in [-0.3, -0.25) is 0 Å². The third kappa shape index (κ3) is 2.23. The molecule has 4 rings (SSSR count). The van der Waals surface area contributed by atoms with Gasteiger partial charge in [-0.15, -0.1) is 0 Å². The van der Waals surface area contributed by atoms with Crippen LogP contribution in [0, 0.1) is 6.92 Å². The smallest absolute Gasteiger partial charge is 0.254 e. The summed E-state index contributed by atoms with van der Waals surface area (Å²) < 4.78 is 1.72. The predicted octanol–water partition coefficient (Wildman–Crippen LogP) is 1.65. The van der Waals surface area contributed by atoms with E-state index < -0.39 is 0 Å². The average Bonchev–Trinajstić information content (AvgIpc) is 3.12. The monoisotopic (exact) mass is 280 g/mol. The lowest BCUT2D eigenvalue weighted by atomic mass is 10.1. The van der Waals surface area contributed by atoms with Crippen molar-refractivity contribution in [3.63, 3.8) is 0 Å². The van der Waals surface area contributed by atoms with Gasteiger partial charge in [0.05, 0.1) is 0 Å². The number of nitrogens with one attached hydrogen (secondary N) is 2. The fourth-order valence-corrected chi connectivity index (χ4v) is 2.71. The molecule has 0 atom stereocenters. The lowest BCUT2D eigenvalue weighted by Gasteiger charge is -2.09. The molecule has 2 N–H and O–H groups in total. The predicted molar refractivity (Wildman–Crippen MR) is 79.8 cm³/mol. The van der Waals surface area contributed by atoms with Crippen LogP contribution in [0.3, 0.4) is 0 Å². The zero-order valence-corrected chi connectivity index (χ0v) is 11.8. The van der Waals surface area contributed by atoms with Crippen LogP contribution >= 0.6 is 0 Å². The van der Waals surface area contributed by atoms with Gasteiger partial charge < -0.3 is 10.6 Å². The van der Waals surface area contributed by atoms with Crippen molar-refractivity contribution in [1.82, 2.24) is 24.9 Å². The number of benzene rings is 1. The number of aryl methyl sites for hydroxylation is 1. The van der Waals surface area contributed by atoms with Gasteiger partial charge in [-0.1, -0.05) is 18.2 Å². The Kier molecular flexibility index (Phi) is 2.82. The van der Waals surface area contributed by atoms with Gasteiger partial charge in [-0.05, 0) is 23.6 Å². The molecule has 3 aromatic rings. The Labute approximate surface area is 122 Å². The summed E-state index contributed by atoms with van der Waals surface area (Å²) in [6.45, 7) is 4.66. The van der Waals surface area contributed by atoms with Crippen LogP contribution in [0.25, 0.3) is 5.78 Å². The van der Waals surface area contributed by atoms with Crippen molar-refractivity contribution in [2.75, 3.05) is 5.32 Å². The first-order valence-corrected chi connectivity index (χ1v) is 7.02. The van der Waals surface area contributed by atoms with E-state index >= 15 is 0 Å². The average molecular weight is 280 g/mol. The third-order valence-corrected chi connectivity index (χ3v) is 3.76. The van der Waals surface area contributed by atoms with Crippen molar-refractivity contribution in [2.24, 2.45) is 0 Å². The highest BCUT2D eigenvalue weighted by Crippen LogP contribution is 2.18. The largest absolute Gasteiger partial charge is 0.366 e. The van der Waals surface area contributed by atoms with Gasteiger partial charge in [0, 0.05) is 31.4 Å². The van der Waals surface area contributed by atoms with Crippen molar-refractivity contribution in [1.29, 1.82) is 0 Å². The molecule has 0 bridgehead atoms. The minimum Gasteiger partial charge on any atom is -0.366 e. The first-order valence-electron chi connectivity index (χ1n) is 7.02. The van der Waals surface area contributed by atoms with Crippen LogP contribution in [0.4, 0.5) is 5.82 Å². The first-order chi connectivity index (χ1) is 10.3. The van der Waals surface area contributed by atoms with Crippen molar-refractivity contribution in [3.8, 4) is 0 Å². The van der Waals surface area contributed by atoms with E-state index in [-0.39, 0.29) is 0 Å². The lowest BCUT2D eigenvalue weighted by Crippen LogP contribution is -2.07. The molecule has 0 radical (unpaired) electrons. The summed E-state index contributed by atoms with van der Waals surface area (Å²) in [5.74, 6) is 1.53. The molecule has 2 aromatic heterocycles. The van der Waals surface area contributed by atoms with Crippen molar-refractivity contribution < 1.29 is 0 Å². The maximum atomic E-state index is 4.34. The topological polar surface area (TPSA) is 67.1 Å². The summed E-state index contributed by atoms with van der Waals surface area (Å²) in [6.07, 6.45) is 1.52. The molecule has 21 heavy (non-hydrogen) atoms. The Morgan fingerprint density at radius 2 is 2.14 bits per heavy atom. The standard InChI is InChI=1S/C15H16N6/c1-10-4-14(21-15(20-10)18-9-19-21)17-6-11-2-3-12-7-16-8-13(12)5-11/h2-5,9,16-17H,6-8H2,1H3. The number of rotatable bonds is 3. The van der Waals surface area contributed by atoms with Crippen LogP contribution in [0.2, 0.25) is 0 Å². The van der Waals surface area contributed by atoms with Gasteiger partial charge in [0.2, 0.25) is 0 Å². The Morgan fingerprint density at radius 3 is 3.10 bits per heavy atom. The van der Waals surface area contributed by atoms with Crippen LogP contribution in [-0.2, 0) is 19.6 Å². The third-order valence-electron chi connectivity index (χ3n) is 3.76. The highest BCUT2D eigenvalue weighted by Gasteiger charge is 2.10. The van der Waals surface area contributed by atoms with E-state index in [9.17, 15) is 0 Å². The van der Waals surface area contributed by atoms with Crippen LogP contribution in [0.5, 0.6) is 0 Å². The maximum Gasteiger partial charge on any atom is 0.254 e. The van der Waals surface area contributed by atoms with Crippen LogP contribution in [0.15, 0.2) is 30.6 Å². The van der Waals surface area contributed by atoms with Gasteiger partial charge in [-0.2, -0.15) is 14.6 Å².